The minimum atomic E-state index is 0.171. The minimum Gasteiger partial charge on any atom is -0.337 e. The third-order valence-electron chi connectivity index (χ3n) is 4.34. The summed E-state index contributed by atoms with van der Waals surface area (Å²) in [6.07, 6.45) is 1.02. The van der Waals surface area contributed by atoms with Gasteiger partial charge in [0, 0.05) is 18.8 Å². The maximum absolute atomic E-state index is 5.69. The molecule has 0 spiro atoms. The number of benzene rings is 2. The van der Waals surface area contributed by atoms with E-state index in [1.165, 1.54) is 11.1 Å². The molecule has 1 atom stereocenters. The molecular formula is C18H18N4O. The van der Waals surface area contributed by atoms with Gasteiger partial charge >= 0.3 is 0 Å². The molecule has 1 unspecified atom stereocenters. The van der Waals surface area contributed by atoms with Crippen LogP contribution in [0, 0.1) is 0 Å². The molecule has 2 aromatic carbocycles. The highest BCUT2D eigenvalue weighted by atomic mass is 16.5. The fourth-order valence-electron chi connectivity index (χ4n) is 2.87. The Hall–Kier alpha value is -2.50. The maximum atomic E-state index is 5.69. The van der Waals surface area contributed by atoms with E-state index >= 15 is 0 Å². The van der Waals surface area contributed by atoms with Gasteiger partial charge in [0.25, 0.3) is 0 Å². The SMILES string of the molecule is NCN1CCC1c1nc(-c2ccc(-c3ccccc3)cc2)no1. The molecule has 5 nitrogen and oxygen atoms in total. The second-order valence-electron chi connectivity index (χ2n) is 5.70. The lowest BCUT2D eigenvalue weighted by Gasteiger charge is -2.36. The third-order valence-corrected chi connectivity index (χ3v) is 4.34. The predicted octanol–water partition coefficient (Wildman–Crippen LogP) is 3.07. The highest BCUT2D eigenvalue weighted by Crippen LogP contribution is 2.32. The Labute approximate surface area is 134 Å². The molecule has 1 saturated heterocycles. The average Bonchev–Trinajstić information content (AvgIpc) is 3.04. The van der Waals surface area contributed by atoms with Crippen molar-refractivity contribution in [2.75, 3.05) is 13.2 Å². The van der Waals surface area contributed by atoms with E-state index in [9.17, 15) is 0 Å². The standard InChI is InChI=1S/C18H18N4O/c19-12-22-11-10-16(22)18-20-17(21-23-18)15-8-6-14(7-9-15)13-4-2-1-3-5-13/h1-9,16H,10-12,19H2. The Kier molecular flexibility index (Phi) is 3.65. The summed E-state index contributed by atoms with van der Waals surface area (Å²) in [7, 11) is 0. The summed E-state index contributed by atoms with van der Waals surface area (Å²) in [4.78, 5) is 6.65. The van der Waals surface area contributed by atoms with Crippen LogP contribution in [-0.2, 0) is 0 Å². The molecule has 4 rings (SSSR count). The molecule has 23 heavy (non-hydrogen) atoms. The molecule has 1 aliphatic rings. The fraction of sp³-hybridized carbons (Fsp3) is 0.222. The zero-order chi connectivity index (χ0) is 15.6. The summed E-state index contributed by atoms with van der Waals surface area (Å²) in [5.41, 5.74) is 9.01. The minimum absolute atomic E-state index is 0.171. The van der Waals surface area contributed by atoms with Gasteiger partial charge in [-0.15, -0.1) is 0 Å². The van der Waals surface area contributed by atoms with Crippen LogP contribution in [0.3, 0.4) is 0 Å². The van der Waals surface area contributed by atoms with Gasteiger partial charge in [-0.25, -0.2) is 0 Å². The largest absolute Gasteiger partial charge is 0.337 e. The van der Waals surface area contributed by atoms with Gasteiger partial charge in [-0.1, -0.05) is 59.8 Å². The summed E-state index contributed by atoms with van der Waals surface area (Å²) in [6, 6.07) is 18.7. The van der Waals surface area contributed by atoms with Gasteiger partial charge in [-0.05, 0) is 17.5 Å². The van der Waals surface area contributed by atoms with Gasteiger partial charge in [-0.2, -0.15) is 4.98 Å². The lowest BCUT2D eigenvalue weighted by Crippen LogP contribution is -2.44. The van der Waals surface area contributed by atoms with Crippen LogP contribution in [-0.4, -0.2) is 28.3 Å². The first kappa shape index (κ1) is 14.1. The highest BCUT2D eigenvalue weighted by Gasteiger charge is 2.33. The summed E-state index contributed by atoms with van der Waals surface area (Å²) < 4.78 is 5.41. The van der Waals surface area contributed by atoms with E-state index < -0.39 is 0 Å². The number of aromatic nitrogens is 2. The molecule has 0 amide bonds. The maximum Gasteiger partial charge on any atom is 0.244 e. The monoisotopic (exact) mass is 306 g/mol. The number of hydrogen-bond donors (Lipinski definition) is 1. The highest BCUT2D eigenvalue weighted by molar-refractivity contribution is 5.67. The number of nitrogens with zero attached hydrogens (tertiary/aromatic N) is 3. The molecule has 0 saturated carbocycles. The molecule has 0 bridgehead atoms. The van der Waals surface area contributed by atoms with E-state index in [4.69, 9.17) is 10.3 Å². The van der Waals surface area contributed by atoms with Crippen molar-refractivity contribution in [3.05, 3.63) is 60.5 Å². The van der Waals surface area contributed by atoms with E-state index in [2.05, 4.69) is 39.3 Å². The second-order valence-corrected chi connectivity index (χ2v) is 5.70. The number of likely N-dealkylation sites (tertiary alicyclic amines) is 1. The lowest BCUT2D eigenvalue weighted by atomic mass is 10.0. The number of rotatable bonds is 4. The van der Waals surface area contributed by atoms with E-state index in [1.54, 1.807) is 0 Å². The smallest absolute Gasteiger partial charge is 0.244 e. The Bertz CT molecular complexity index is 780. The van der Waals surface area contributed by atoms with E-state index in [0.29, 0.717) is 18.4 Å². The fourth-order valence-corrected chi connectivity index (χ4v) is 2.87. The van der Waals surface area contributed by atoms with Crippen molar-refractivity contribution in [3.8, 4) is 22.5 Å². The summed E-state index contributed by atoms with van der Waals surface area (Å²) in [6.45, 7) is 1.51. The van der Waals surface area contributed by atoms with E-state index in [0.717, 1.165) is 18.5 Å². The van der Waals surface area contributed by atoms with Crippen LogP contribution in [0.15, 0.2) is 59.1 Å². The van der Waals surface area contributed by atoms with E-state index in [1.807, 2.05) is 30.3 Å². The van der Waals surface area contributed by atoms with Gasteiger partial charge in [0.1, 0.15) is 0 Å². The molecule has 1 aromatic heterocycles. The van der Waals surface area contributed by atoms with Crippen LogP contribution in [0.2, 0.25) is 0 Å². The molecule has 1 aliphatic heterocycles. The van der Waals surface area contributed by atoms with Crippen molar-refractivity contribution in [1.82, 2.24) is 15.0 Å². The average molecular weight is 306 g/mol. The molecule has 2 heterocycles. The van der Waals surface area contributed by atoms with Crippen molar-refractivity contribution in [2.45, 2.75) is 12.5 Å². The van der Waals surface area contributed by atoms with E-state index in [-0.39, 0.29) is 6.04 Å². The van der Waals surface area contributed by atoms with Crippen LogP contribution in [0.1, 0.15) is 18.4 Å². The number of nitrogens with two attached hydrogens (primary N) is 1. The Morgan fingerprint density at radius 2 is 1.70 bits per heavy atom. The quantitative estimate of drug-likeness (QED) is 0.802. The first-order valence-electron chi connectivity index (χ1n) is 7.79. The topological polar surface area (TPSA) is 68.2 Å². The summed E-state index contributed by atoms with van der Waals surface area (Å²) in [5.74, 6) is 1.28. The van der Waals surface area contributed by atoms with Gasteiger partial charge in [0.05, 0.1) is 6.04 Å². The Morgan fingerprint density at radius 1 is 1.00 bits per heavy atom. The molecule has 2 N–H and O–H groups in total. The van der Waals surface area contributed by atoms with Gasteiger partial charge in [0.15, 0.2) is 0 Å². The normalized spacial score (nSPS) is 17.9. The lowest BCUT2D eigenvalue weighted by molar-refractivity contribution is 0.0673. The Morgan fingerprint density at radius 3 is 2.35 bits per heavy atom. The van der Waals surface area contributed by atoms with Gasteiger partial charge in [0.2, 0.25) is 11.7 Å². The molecule has 116 valence electrons. The predicted molar refractivity (Wildman–Crippen MR) is 88.3 cm³/mol. The first-order valence-corrected chi connectivity index (χ1v) is 7.79. The van der Waals surface area contributed by atoms with Crippen LogP contribution in [0.25, 0.3) is 22.5 Å². The molecule has 1 fully saturated rings. The van der Waals surface area contributed by atoms with Crippen LogP contribution < -0.4 is 5.73 Å². The van der Waals surface area contributed by atoms with Gasteiger partial charge in [-0.3, -0.25) is 4.90 Å². The number of hydrogen-bond acceptors (Lipinski definition) is 5. The van der Waals surface area contributed by atoms with Crippen LogP contribution in [0.4, 0.5) is 0 Å². The third kappa shape index (κ3) is 2.65. The van der Waals surface area contributed by atoms with Crippen molar-refractivity contribution in [1.29, 1.82) is 0 Å². The van der Waals surface area contributed by atoms with Crippen molar-refractivity contribution in [2.24, 2.45) is 5.73 Å². The van der Waals surface area contributed by atoms with Crippen LogP contribution in [0.5, 0.6) is 0 Å². The van der Waals surface area contributed by atoms with Gasteiger partial charge < -0.3 is 10.3 Å². The first-order chi connectivity index (χ1) is 11.3. The molecule has 3 aromatic rings. The second kappa shape index (κ2) is 5.95. The Balaban J connectivity index is 1.56. The molecular weight excluding hydrogens is 288 g/mol. The molecule has 0 aliphatic carbocycles. The molecule has 0 radical (unpaired) electrons. The zero-order valence-electron chi connectivity index (χ0n) is 12.7. The molecule has 5 heteroatoms. The van der Waals surface area contributed by atoms with Crippen molar-refractivity contribution >= 4 is 0 Å². The summed E-state index contributed by atoms with van der Waals surface area (Å²) in [5, 5.41) is 4.11. The zero-order valence-corrected chi connectivity index (χ0v) is 12.7. The van der Waals surface area contributed by atoms with Crippen LogP contribution >= 0.6 is 0 Å². The summed E-state index contributed by atoms with van der Waals surface area (Å²) >= 11 is 0. The van der Waals surface area contributed by atoms with Crippen molar-refractivity contribution in [3.63, 3.8) is 0 Å². The van der Waals surface area contributed by atoms with Crippen molar-refractivity contribution < 1.29 is 4.52 Å².